The summed E-state index contributed by atoms with van der Waals surface area (Å²) in [5.41, 5.74) is 3.14. The van der Waals surface area contributed by atoms with Crippen molar-refractivity contribution in [3.05, 3.63) is 77.9 Å². The highest BCUT2D eigenvalue weighted by Gasteiger charge is 2.12. The van der Waals surface area contributed by atoms with E-state index in [-0.39, 0.29) is 5.82 Å². The normalized spacial score (nSPS) is 12.8. The molecule has 2 heterocycles. The average molecular weight is 292 g/mol. The highest BCUT2D eigenvalue weighted by molar-refractivity contribution is 6.07. The van der Waals surface area contributed by atoms with Crippen LogP contribution in [0.15, 0.2) is 60.9 Å². The number of halogens is 1. The summed E-state index contributed by atoms with van der Waals surface area (Å²) in [4.78, 5) is 7.23. The molecule has 0 aliphatic rings. The first-order valence-electron chi connectivity index (χ1n) is 7.01. The molecule has 0 fully saturated rings. The van der Waals surface area contributed by atoms with E-state index in [1.807, 2.05) is 24.3 Å². The lowest BCUT2D eigenvalue weighted by atomic mass is 10.0. The number of nitrogens with one attached hydrogen (secondary N) is 1. The highest BCUT2D eigenvalue weighted by atomic mass is 19.1. The molecule has 0 spiro atoms. The number of benzene rings is 2. The molecule has 22 heavy (non-hydrogen) atoms. The van der Waals surface area contributed by atoms with Crippen molar-refractivity contribution in [2.24, 2.45) is 0 Å². The number of hydrogen-bond donors (Lipinski definition) is 2. The maximum atomic E-state index is 13.3. The topological polar surface area (TPSA) is 48.9 Å². The van der Waals surface area contributed by atoms with E-state index in [0.29, 0.717) is 0 Å². The van der Waals surface area contributed by atoms with E-state index in [1.54, 1.807) is 24.5 Å². The number of hydrogen-bond acceptors (Lipinski definition) is 2. The lowest BCUT2D eigenvalue weighted by Gasteiger charge is -2.10. The number of pyridine rings is 1. The van der Waals surface area contributed by atoms with Crippen LogP contribution in [0.25, 0.3) is 21.8 Å². The van der Waals surface area contributed by atoms with Crippen molar-refractivity contribution in [1.82, 2.24) is 9.97 Å². The van der Waals surface area contributed by atoms with Crippen molar-refractivity contribution in [2.45, 2.75) is 6.10 Å². The number of aromatic amines is 1. The second-order valence-electron chi connectivity index (χ2n) is 5.31. The van der Waals surface area contributed by atoms with E-state index in [9.17, 15) is 9.50 Å². The van der Waals surface area contributed by atoms with E-state index in [4.69, 9.17) is 0 Å². The van der Waals surface area contributed by atoms with Crippen LogP contribution in [0.4, 0.5) is 4.39 Å². The van der Waals surface area contributed by atoms with Crippen molar-refractivity contribution in [1.29, 1.82) is 0 Å². The summed E-state index contributed by atoms with van der Waals surface area (Å²) in [6.45, 7) is 0. The zero-order valence-corrected chi connectivity index (χ0v) is 11.6. The zero-order chi connectivity index (χ0) is 15.1. The standard InChI is InChI=1S/C18H13FN2O/c19-13-4-6-15-14-5-3-11(8-16(14)21-17(15)9-13)18(22)12-2-1-7-20-10-12/h1-10,18,21-22H. The van der Waals surface area contributed by atoms with Crippen LogP contribution in [0, 0.1) is 5.82 Å². The molecule has 1 unspecified atom stereocenters. The van der Waals surface area contributed by atoms with Crippen LogP contribution in [0.5, 0.6) is 0 Å². The number of aliphatic hydroxyl groups is 1. The Labute approximate surface area is 126 Å². The number of H-pyrrole nitrogens is 1. The first-order chi connectivity index (χ1) is 10.7. The van der Waals surface area contributed by atoms with Crippen molar-refractivity contribution in [3.63, 3.8) is 0 Å². The summed E-state index contributed by atoms with van der Waals surface area (Å²) in [5.74, 6) is -0.269. The average Bonchev–Trinajstić information content (AvgIpc) is 2.91. The van der Waals surface area contributed by atoms with Crippen LogP contribution < -0.4 is 0 Å². The summed E-state index contributed by atoms with van der Waals surface area (Å²) < 4.78 is 13.3. The highest BCUT2D eigenvalue weighted by Crippen LogP contribution is 2.29. The molecule has 1 atom stereocenters. The molecule has 0 saturated carbocycles. The third-order valence-corrected chi connectivity index (χ3v) is 3.90. The lowest BCUT2D eigenvalue weighted by molar-refractivity contribution is 0.220. The smallest absolute Gasteiger partial charge is 0.125 e. The van der Waals surface area contributed by atoms with Gasteiger partial charge in [0, 0.05) is 39.8 Å². The Kier molecular flexibility index (Phi) is 2.91. The number of nitrogens with zero attached hydrogens (tertiary/aromatic N) is 1. The van der Waals surface area contributed by atoms with Gasteiger partial charge in [-0.25, -0.2) is 4.39 Å². The van der Waals surface area contributed by atoms with E-state index in [2.05, 4.69) is 9.97 Å². The summed E-state index contributed by atoms with van der Waals surface area (Å²) in [6.07, 6.45) is 2.59. The molecule has 4 rings (SSSR count). The Morgan fingerprint density at radius 1 is 0.955 bits per heavy atom. The predicted molar refractivity (Wildman–Crippen MR) is 84.1 cm³/mol. The second kappa shape index (κ2) is 4.93. The zero-order valence-electron chi connectivity index (χ0n) is 11.6. The molecule has 108 valence electrons. The maximum Gasteiger partial charge on any atom is 0.125 e. The van der Waals surface area contributed by atoms with Crippen LogP contribution in [0.2, 0.25) is 0 Å². The fraction of sp³-hybridized carbons (Fsp3) is 0.0556. The van der Waals surface area contributed by atoms with Gasteiger partial charge in [-0.2, -0.15) is 0 Å². The van der Waals surface area contributed by atoms with Crippen LogP contribution in [-0.4, -0.2) is 15.1 Å². The third-order valence-electron chi connectivity index (χ3n) is 3.90. The Hall–Kier alpha value is -2.72. The van der Waals surface area contributed by atoms with Crippen LogP contribution in [0.1, 0.15) is 17.2 Å². The van der Waals surface area contributed by atoms with Gasteiger partial charge in [0.25, 0.3) is 0 Å². The van der Waals surface area contributed by atoms with Gasteiger partial charge in [-0.3, -0.25) is 4.98 Å². The van der Waals surface area contributed by atoms with Crippen LogP contribution in [0.3, 0.4) is 0 Å². The summed E-state index contributed by atoms with van der Waals surface area (Å²) in [6, 6.07) is 14.1. The summed E-state index contributed by atoms with van der Waals surface area (Å²) >= 11 is 0. The fourth-order valence-electron chi connectivity index (χ4n) is 2.80. The molecule has 4 aromatic rings. The quantitative estimate of drug-likeness (QED) is 0.588. The Morgan fingerprint density at radius 3 is 2.50 bits per heavy atom. The van der Waals surface area contributed by atoms with E-state index >= 15 is 0 Å². The van der Waals surface area contributed by atoms with Gasteiger partial charge in [0.2, 0.25) is 0 Å². The second-order valence-corrected chi connectivity index (χ2v) is 5.31. The summed E-state index contributed by atoms with van der Waals surface area (Å²) in [7, 11) is 0. The number of aliphatic hydroxyl groups excluding tert-OH is 1. The first kappa shape index (κ1) is 13.0. The van der Waals surface area contributed by atoms with Gasteiger partial charge in [0.1, 0.15) is 11.9 Å². The minimum absolute atomic E-state index is 0.269. The van der Waals surface area contributed by atoms with Gasteiger partial charge < -0.3 is 10.1 Å². The van der Waals surface area contributed by atoms with Crippen molar-refractivity contribution in [2.75, 3.05) is 0 Å². The predicted octanol–water partition coefficient (Wildman–Crippen LogP) is 3.94. The van der Waals surface area contributed by atoms with Gasteiger partial charge in [-0.1, -0.05) is 18.2 Å². The molecule has 0 bridgehead atoms. The molecule has 0 aliphatic carbocycles. The molecular weight excluding hydrogens is 279 g/mol. The van der Waals surface area contributed by atoms with Gasteiger partial charge in [-0.05, 0) is 35.9 Å². The third kappa shape index (κ3) is 2.05. The summed E-state index contributed by atoms with van der Waals surface area (Å²) in [5, 5.41) is 12.4. The van der Waals surface area contributed by atoms with E-state index in [0.717, 1.165) is 32.9 Å². The van der Waals surface area contributed by atoms with E-state index < -0.39 is 6.10 Å². The van der Waals surface area contributed by atoms with Crippen molar-refractivity contribution < 1.29 is 9.50 Å². The lowest BCUT2D eigenvalue weighted by Crippen LogP contribution is -1.99. The molecule has 0 amide bonds. The largest absolute Gasteiger partial charge is 0.384 e. The molecule has 3 nitrogen and oxygen atoms in total. The Balaban J connectivity index is 1.85. The van der Waals surface area contributed by atoms with Crippen LogP contribution in [-0.2, 0) is 0 Å². The number of rotatable bonds is 2. The monoisotopic (exact) mass is 292 g/mol. The SMILES string of the molecule is OC(c1cccnc1)c1ccc2c(c1)[nH]c1cc(F)ccc12. The van der Waals surface area contributed by atoms with Crippen LogP contribution >= 0.6 is 0 Å². The fourth-order valence-corrected chi connectivity index (χ4v) is 2.80. The Morgan fingerprint density at radius 2 is 1.73 bits per heavy atom. The number of fused-ring (bicyclic) bond motifs is 3. The maximum absolute atomic E-state index is 13.3. The van der Waals surface area contributed by atoms with Gasteiger partial charge in [-0.15, -0.1) is 0 Å². The van der Waals surface area contributed by atoms with Gasteiger partial charge >= 0.3 is 0 Å². The molecule has 0 saturated heterocycles. The Bertz CT molecular complexity index is 963. The molecule has 2 N–H and O–H groups in total. The van der Waals surface area contributed by atoms with Gasteiger partial charge in [0.15, 0.2) is 0 Å². The molecule has 0 aliphatic heterocycles. The minimum Gasteiger partial charge on any atom is -0.384 e. The number of aromatic nitrogens is 2. The van der Waals surface area contributed by atoms with Gasteiger partial charge in [0.05, 0.1) is 0 Å². The molecule has 2 aromatic carbocycles. The van der Waals surface area contributed by atoms with E-state index in [1.165, 1.54) is 12.1 Å². The van der Waals surface area contributed by atoms with Crippen molar-refractivity contribution >= 4 is 21.8 Å². The molecule has 2 aromatic heterocycles. The van der Waals surface area contributed by atoms with Crippen molar-refractivity contribution in [3.8, 4) is 0 Å². The molecular formula is C18H13FN2O. The molecule has 0 radical (unpaired) electrons. The first-order valence-corrected chi connectivity index (χ1v) is 7.01. The molecule has 4 heteroatoms. The minimum atomic E-state index is -0.735.